The fourth-order valence-electron chi connectivity index (χ4n) is 3.45. The number of aliphatic hydroxyl groups is 1. The van der Waals surface area contributed by atoms with Crippen LogP contribution >= 0.6 is 0 Å². The minimum atomic E-state index is -5.80. The largest absolute Gasteiger partial charge is 0.459 e. The number of nitrogens with zero attached hydrogens (tertiary/aromatic N) is 3. The second kappa shape index (κ2) is 6.71. The normalized spacial score (nSPS) is 13.3. The van der Waals surface area contributed by atoms with Crippen molar-refractivity contribution in [3.05, 3.63) is 65.6 Å². The predicted octanol–water partition coefficient (Wildman–Crippen LogP) is 5.74. The van der Waals surface area contributed by atoms with Crippen LogP contribution in [0.5, 0.6) is 0 Å². The lowest BCUT2D eigenvalue weighted by Gasteiger charge is -2.21. The molecule has 31 heavy (non-hydrogen) atoms. The summed E-state index contributed by atoms with van der Waals surface area (Å²) < 4.78 is 69.3. The molecular formula is C22H18F5N3O. The molecule has 0 radical (unpaired) electrons. The summed E-state index contributed by atoms with van der Waals surface area (Å²) in [5, 5.41) is 10.5. The van der Waals surface area contributed by atoms with Crippen molar-refractivity contribution in [1.82, 2.24) is 14.4 Å². The monoisotopic (exact) mass is 435 g/mol. The zero-order valence-corrected chi connectivity index (χ0v) is 16.8. The number of rotatable bonds is 3. The lowest BCUT2D eigenvalue weighted by molar-refractivity contribution is -0.290. The van der Waals surface area contributed by atoms with Crippen molar-refractivity contribution in [1.29, 1.82) is 0 Å². The van der Waals surface area contributed by atoms with Crippen LogP contribution in [0.25, 0.3) is 27.8 Å². The molecule has 1 aromatic carbocycles. The van der Waals surface area contributed by atoms with Crippen molar-refractivity contribution in [2.75, 3.05) is 0 Å². The zero-order chi connectivity index (χ0) is 22.8. The van der Waals surface area contributed by atoms with Crippen LogP contribution in [0.3, 0.4) is 0 Å². The Morgan fingerprint density at radius 3 is 2.13 bits per heavy atom. The first-order valence-electron chi connectivity index (χ1n) is 9.37. The van der Waals surface area contributed by atoms with Crippen LogP contribution in [0.15, 0.2) is 48.7 Å². The molecular weight excluding hydrogens is 417 g/mol. The number of fused-ring (bicyclic) bond motifs is 3. The third-order valence-electron chi connectivity index (χ3n) is 5.10. The molecule has 0 aliphatic carbocycles. The Kier molecular flexibility index (Phi) is 4.59. The van der Waals surface area contributed by atoms with Crippen molar-refractivity contribution in [3.8, 4) is 11.1 Å². The standard InChI is InChI=1S/C22H18F5N3O/c1-12-11-30-18(28-12)9-8-15-16(13-4-6-14(7-5-13)20(2,3)31)10-17(29-19(15)30)21(23,24)22(25,26)27/h4-11,31H,1-3H3. The van der Waals surface area contributed by atoms with Crippen LogP contribution in [0.4, 0.5) is 22.0 Å². The summed E-state index contributed by atoms with van der Waals surface area (Å²) in [6, 6.07) is 10.4. The summed E-state index contributed by atoms with van der Waals surface area (Å²) in [7, 11) is 0. The molecule has 9 heteroatoms. The smallest absolute Gasteiger partial charge is 0.386 e. The average Bonchev–Trinajstić information content (AvgIpc) is 3.06. The van der Waals surface area contributed by atoms with E-state index in [2.05, 4.69) is 9.97 Å². The Hall–Kier alpha value is -3.07. The highest BCUT2D eigenvalue weighted by Crippen LogP contribution is 2.45. The van der Waals surface area contributed by atoms with Gasteiger partial charge in [-0.05, 0) is 55.7 Å². The summed E-state index contributed by atoms with van der Waals surface area (Å²) in [6.45, 7) is 4.86. The fourth-order valence-corrected chi connectivity index (χ4v) is 3.45. The number of alkyl halides is 5. The van der Waals surface area contributed by atoms with Gasteiger partial charge >= 0.3 is 12.1 Å². The van der Waals surface area contributed by atoms with E-state index in [1.165, 1.54) is 10.6 Å². The van der Waals surface area contributed by atoms with Crippen LogP contribution in [0.1, 0.15) is 30.8 Å². The van der Waals surface area contributed by atoms with E-state index in [9.17, 15) is 27.1 Å². The van der Waals surface area contributed by atoms with Gasteiger partial charge in [0.15, 0.2) is 0 Å². The molecule has 4 rings (SSSR count). The van der Waals surface area contributed by atoms with Gasteiger partial charge in [-0.2, -0.15) is 22.0 Å². The number of hydrogen-bond donors (Lipinski definition) is 1. The van der Waals surface area contributed by atoms with Crippen molar-refractivity contribution in [2.24, 2.45) is 0 Å². The van der Waals surface area contributed by atoms with E-state index in [4.69, 9.17) is 0 Å². The number of pyridine rings is 2. The number of imidazole rings is 1. The summed E-state index contributed by atoms with van der Waals surface area (Å²) in [5.41, 5.74) is -0.479. The van der Waals surface area contributed by atoms with Gasteiger partial charge in [0, 0.05) is 11.6 Å². The molecule has 0 saturated heterocycles. The van der Waals surface area contributed by atoms with Gasteiger partial charge in [0.1, 0.15) is 17.0 Å². The topological polar surface area (TPSA) is 50.4 Å². The highest BCUT2D eigenvalue weighted by atomic mass is 19.4. The summed E-state index contributed by atoms with van der Waals surface area (Å²) in [4.78, 5) is 7.94. The fraction of sp³-hybridized carbons (Fsp3) is 0.273. The maximum absolute atomic E-state index is 14.3. The molecule has 162 valence electrons. The zero-order valence-electron chi connectivity index (χ0n) is 16.8. The maximum Gasteiger partial charge on any atom is 0.459 e. The highest BCUT2D eigenvalue weighted by molar-refractivity contribution is 5.94. The lowest BCUT2D eigenvalue weighted by atomic mass is 9.94. The number of aryl methyl sites for hydroxylation is 1. The molecule has 4 nitrogen and oxygen atoms in total. The first-order valence-corrected chi connectivity index (χ1v) is 9.37. The minimum Gasteiger partial charge on any atom is -0.386 e. The lowest BCUT2D eigenvalue weighted by Crippen LogP contribution is -2.34. The molecule has 0 unspecified atom stereocenters. The second-order valence-electron chi connectivity index (χ2n) is 7.94. The van der Waals surface area contributed by atoms with Gasteiger partial charge in [-0.3, -0.25) is 4.40 Å². The summed E-state index contributed by atoms with van der Waals surface area (Å²) in [6.07, 6.45) is -4.27. The average molecular weight is 435 g/mol. The molecule has 0 atom stereocenters. The highest BCUT2D eigenvalue weighted by Gasteiger charge is 2.60. The SMILES string of the molecule is Cc1cn2c(ccc3c(-c4ccc(C(C)(C)O)cc4)cc(C(F)(F)C(F)(F)F)nc32)n1. The molecule has 0 spiro atoms. The van der Waals surface area contributed by atoms with Gasteiger partial charge in [0.25, 0.3) is 0 Å². The first kappa shape index (κ1) is 21.2. The van der Waals surface area contributed by atoms with Gasteiger partial charge in [0.05, 0.1) is 11.3 Å². The van der Waals surface area contributed by atoms with Gasteiger partial charge in [0.2, 0.25) is 0 Å². The molecule has 0 saturated carbocycles. The Bertz CT molecular complexity index is 1290. The Labute approximate surface area is 174 Å². The van der Waals surface area contributed by atoms with Gasteiger partial charge < -0.3 is 5.11 Å². The Balaban J connectivity index is 2.05. The van der Waals surface area contributed by atoms with Crippen molar-refractivity contribution in [3.63, 3.8) is 0 Å². The van der Waals surface area contributed by atoms with E-state index in [0.717, 1.165) is 6.07 Å². The Morgan fingerprint density at radius 1 is 0.903 bits per heavy atom. The molecule has 3 heterocycles. The third kappa shape index (κ3) is 3.52. The van der Waals surface area contributed by atoms with E-state index in [1.807, 2.05) is 0 Å². The molecule has 3 aromatic heterocycles. The minimum absolute atomic E-state index is 0.0545. The van der Waals surface area contributed by atoms with Crippen LogP contribution in [-0.2, 0) is 11.5 Å². The molecule has 0 fully saturated rings. The molecule has 0 bridgehead atoms. The van der Waals surface area contributed by atoms with E-state index in [0.29, 0.717) is 27.9 Å². The van der Waals surface area contributed by atoms with Gasteiger partial charge in [-0.25, -0.2) is 9.97 Å². The maximum atomic E-state index is 14.3. The van der Waals surface area contributed by atoms with E-state index < -0.39 is 23.4 Å². The quantitative estimate of drug-likeness (QED) is 0.418. The Morgan fingerprint density at radius 2 is 1.55 bits per heavy atom. The van der Waals surface area contributed by atoms with Crippen LogP contribution in [-0.4, -0.2) is 25.7 Å². The molecule has 4 aromatic rings. The van der Waals surface area contributed by atoms with Crippen molar-refractivity contribution in [2.45, 2.75) is 38.5 Å². The molecule has 0 aliphatic heterocycles. The number of hydrogen-bond acceptors (Lipinski definition) is 3. The van der Waals surface area contributed by atoms with Crippen LogP contribution in [0, 0.1) is 6.92 Å². The van der Waals surface area contributed by atoms with Crippen molar-refractivity contribution < 1.29 is 27.1 Å². The third-order valence-corrected chi connectivity index (χ3v) is 5.10. The van der Waals surface area contributed by atoms with Gasteiger partial charge in [-0.1, -0.05) is 24.3 Å². The van der Waals surface area contributed by atoms with Crippen LogP contribution < -0.4 is 0 Å². The first-order chi connectivity index (χ1) is 14.3. The molecule has 0 amide bonds. The van der Waals surface area contributed by atoms with E-state index in [1.54, 1.807) is 57.2 Å². The van der Waals surface area contributed by atoms with Crippen molar-refractivity contribution >= 4 is 16.7 Å². The summed E-state index contributed by atoms with van der Waals surface area (Å²) in [5.74, 6) is -5.14. The number of benzene rings is 1. The molecule has 0 aliphatic rings. The van der Waals surface area contributed by atoms with E-state index in [-0.39, 0.29) is 11.2 Å². The summed E-state index contributed by atoms with van der Waals surface area (Å²) >= 11 is 0. The number of halogens is 5. The predicted molar refractivity (Wildman–Crippen MR) is 106 cm³/mol. The van der Waals surface area contributed by atoms with E-state index >= 15 is 0 Å². The van der Waals surface area contributed by atoms with Crippen LogP contribution in [0.2, 0.25) is 0 Å². The second-order valence-corrected chi connectivity index (χ2v) is 7.94. The molecule has 1 N–H and O–H groups in total. The number of aromatic nitrogens is 3. The van der Waals surface area contributed by atoms with Gasteiger partial charge in [-0.15, -0.1) is 0 Å².